The van der Waals surface area contributed by atoms with Gasteiger partial charge in [0.15, 0.2) is 23.0 Å². The Morgan fingerprint density at radius 3 is 2.16 bits per heavy atom. The average molecular weight is 446 g/mol. The van der Waals surface area contributed by atoms with Crippen molar-refractivity contribution >= 4 is 5.97 Å². The maximum Gasteiger partial charge on any atom is 0.307 e. The zero-order chi connectivity index (χ0) is 23.3. The maximum absolute atomic E-state index is 11.8. The van der Waals surface area contributed by atoms with E-state index < -0.39 is 11.9 Å². The van der Waals surface area contributed by atoms with E-state index >= 15 is 0 Å². The number of nitrogens with zero attached hydrogens (tertiary/aromatic N) is 1. The molecule has 2 aromatic carbocycles. The van der Waals surface area contributed by atoms with Gasteiger partial charge in [-0.25, -0.2) is 0 Å². The first-order valence-electron chi connectivity index (χ1n) is 10.5. The van der Waals surface area contributed by atoms with Crippen molar-refractivity contribution in [2.45, 2.75) is 18.9 Å². The molecule has 0 bridgehead atoms. The first kappa shape index (κ1) is 23.5. The summed E-state index contributed by atoms with van der Waals surface area (Å²) in [6.07, 6.45) is 1.42. The molecule has 0 saturated carbocycles. The van der Waals surface area contributed by atoms with Crippen molar-refractivity contribution in [3.05, 3.63) is 41.5 Å². The summed E-state index contributed by atoms with van der Waals surface area (Å²) in [5.74, 6) is 1.67. The Kier molecular flexibility index (Phi) is 7.69. The predicted octanol–water partition coefficient (Wildman–Crippen LogP) is 3.62. The van der Waals surface area contributed by atoms with E-state index in [0.717, 1.165) is 24.1 Å². The third kappa shape index (κ3) is 4.55. The Morgan fingerprint density at radius 2 is 1.56 bits per heavy atom. The van der Waals surface area contributed by atoms with Crippen molar-refractivity contribution in [2.24, 2.45) is 5.92 Å². The Hall–Kier alpha value is -3.13. The first-order valence-corrected chi connectivity index (χ1v) is 10.5. The smallest absolute Gasteiger partial charge is 0.307 e. The van der Waals surface area contributed by atoms with Crippen LogP contribution >= 0.6 is 0 Å². The predicted molar refractivity (Wildman–Crippen MR) is 119 cm³/mol. The maximum atomic E-state index is 11.8. The highest BCUT2D eigenvalue weighted by molar-refractivity contribution is 5.70. The topological polar surface area (TPSA) is 86.7 Å². The van der Waals surface area contributed by atoms with Crippen molar-refractivity contribution in [1.82, 2.24) is 4.90 Å². The lowest BCUT2D eigenvalue weighted by molar-refractivity contribution is -0.143. The molecule has 0 amide bonds. The molecule has 8 nitrogen and oxygen atoms in total. The number of methoxy groups -OCH3 is 5. The number of carbonyl (C=O) groups is 1. The Labute approximate surface area is 188 Å². The van der Waals surface area contributed by atoms with Crippen LogP contribution in [0.4, 0.5) is 0 Å². The molecular weight excluding hydrogens is 414 g/mol. The molecule has 0 aromatic heterocycles. The van der Waals surface area contributed by atoms with E-state index in [1.165, 1.54) is 0 Å². The number of piperidine rings is 1. The second-order valence-electron chi connectivity index (χ2n) is 7.61. The highest BCUT2D eigenvalue weighted by Gasteiger charge is 2.35. The standard InChI is InChI=1S/C24H31NO7/c1-28-18-10-6-9-16(23(18)32-5)22(25-11-7-8-15(14-25)24(26)27)17-12-20(30-3)21(31-4)13-19(17)29-2/h6,9-10,12-13,15,22H,7-8,11,14H2,1-5H3,(H,26,27). The number of hydrogen-bond donors (Lipinski definition) is 1. The third-order valence-corrected chi connectivity index (χ3v) is 5.93. The van der Waals surface area contributed by atoms with E-state index in [0.29, 0.717) is 41.7 Å². The fourth-order valence-electron chi connectivity index (χ4n) is 4.40. The van der Waals surface area contributed by atoms with Gasteiger partial charge in [-0.15, -0.1) is 0 Å². The lowest BCUT2D eigenvalue weighted by Crippen LogP contribution is -2.41. The van der Waals surface area contributed by atoms with Gasteiger partial charge < -0.3 is 28.8 Å². The van der Waals surface area contributed by atoms with E-state index in [1.807, 2.05) is 24.3 Å². The van der Waals surface area contributed by atoms with Gasteiger partial charge in [-0.3, -0.25) is 9.69 Å². The van der Waals surface area contributed by atoms with Crippen molar-refractivity contribution in [1.29, 1.82) is 0 Å². The monoisotopic (exact) mass is 445 g/mol. The average Bonchev–Trinajstić information content (AvgIpc) is 2.83. The largest absolute Gasteiger partial charge is 0.496 e. The van der Waals surface area contributed by atoms with Crippen LogP contribution in [-0.2, 0) is 4.79 Å². The minimum atomic E-state index is -0.787. The molecule has 0 aliphatic carbocycles. The number of rotatable bonds is 9. The third-order valence-electron chi connectivity index (χ3n) is 5.93. The molecule has 1 N–H and O–H groups in total. The number of hydrogen-bond acceptors (Lipinski definition) is 7. The Balaban J connectivity index is 2.24. The number of para-hydroxylation sites is 1. The fraction of sp³-hybridized carbons (Fsp3) is 0.458. The van der Waals surface area contributed by atoms with Gasteiger partial charge in [-0.05, 0) is 31.5 Å². The van der Waals surface area contributed by atoms with Crippen LogP contribution in [0.1, 0.15) is 30.0 Å². The molecule has 32 heavy (non-hydrogen) atoms. The van der Waals surface area contributed by atoms with Crippen LogP contribution in [0.3, 0.4) is 0 Å². The van der Waals surface area contributed by atoms with Gasteiger partial charge in [0.05, 0.1) is 47.5 Å². The fourth-order valence-corrected chi connectivity index (χ4v) is 4.40. The van der Waals surface area contributed by atoms with Crippen LogP contribution in [0.5, 0.6) is 28.7 Å². The second kappa shape index (κ2) is 10.5. The van der Waals surface area contributed by atoms with E-state index in [-0.39, 0.29) is 6.04 Å². The lowest BCUT2D eigenvalue weighted by Gasteiger charge is -2.38. The molecule has 1 aliphatic rings. The number of ether oxygens (including phenoxy) is 5. The summed E-state index contributed by atoms with van der Waals surface area (Å²) in [4.78, 5) is 13.9. The van der Waals surface area contributed by atoms with E-state index in [2.05, 4.69) is 4.90 Å². The summed E-state index contributed by atoms with van der Waals surface area (Å²) in [6, 6.07) is 9.01. The van der Waals surface area contributed by atoms with Gasteiger partial charge in [-0.2, -0.15) is 0 Å². The SMILES string of the molecule is COc1cc(OC)c(C(c2cccc(OC)c2OC)N2CCCC(C(=O)O)C2)cc1OC. The minimum absolute atomic E-state index is 0.350. The zero-order valence-electron chi connectivity index (χ0n) is 19.2. The van der Waals surface area contributed by atoms with Gasteiger partial charge in [0.25, 0.3) is 0 Å². The molecule has 2 unspecified atom stereocenters. The number of carboxylic acids is 1. The van der Waals surface area contributed by atoms with Crippen LogP contribution in [0, 0.1) is 5.92 Å². The van der Waals surface area contributed by atoms with Crippen molar-refractivity contribution in [3.8, 4) is 28.7 Å². The molecular formula is C24H31NO7. The van der Waals surface area contributed by atoms with Crippen molar-refractivity contribution < 1.29 is 33.6 Å². The molecule has 1 heterocycles. The van der Waals surface area contributed by atoms with Crippen LogP contribution in [0.25, 0.3) is 0 Å². The summed E-state index contributed by atoms with van der Waals surface area (Å²) in [5, 5.41) is 9.68. The molecule has 8 heteroatoms. The Morgan fingerprint density at radius 1 is 0.906 bits per heavy atom. The summed E-state index contributed by atoms with van der Waals surface area (Å²) in [7, 11) is 7.94. The van der Waals surface area contributed by atoms with Crippen LogP contribution in [0.15, 0.2) is 30.3 Å². The summed E-state index contributed by atoms with van der Waals surface area (Å²) < 4.78 is 28.0. The Bertz CT molecular complexity index is 946. The summed E-state index contributed by atoms with van der Waals surface area (Å²) >= 11 is 0. The van der Waals surface area contributed by atoms with Crippen LogP contribution in [0.2, 0.25) is 0 Å². The number of benzene rings is 2. The highest BCUT2D eigenvalue weighted by Crippen LogP contribution is 2.46. The summed E-state index contributed by atoms with van der Waals surface area (Å²) in [5.41, 5.74) is 1.67. The van der Waals surface area contributed by atoms with Crippen molar-refractivity contribution in [2.75, 3.05) is 48.6 Å². The molecule has 0 spiro atoms. The van der Waals surface area contributed by atoms with Gasteiger partial charge in [-0.1, -0.05) is 12.1 Å². The molecule has 1 aliphatic heterocycles. The molecule has 1 saturated heterocycles. The lowest BCUT2D eigenvalue weighted by atomic mass is 9.90. The molecule has 3 rings (SSSR count). The van der Waals surface area contributed by atoms with Gasteiger partial charge in [0.2, 0.25) is 0 Å². The van der Waals surface area contributed by atoms with E-state index in [4.69, 9.17) is 23.7 Å². The zero-order valence-corrected chi connectivity index (χ0v) is 19.2. The molecule has 174 valence electrons. The molecule has 1 fully saturated rings. The highest BCUT2D eigenvalue weighted by atomic mass is 16.5. The van der Waals surface area contributed by atoms with Gasteiger partial charge in [0, 0.05) is 23.7 Å². The van der Waals surface area contributed by atoms with E-state index in [1.54, 1.807) is 41.6 Å². The van der Waals surface area contributed by atoms with E-state index in [9.17, 15) is 9.90 Å². The second-order valence-corrected chi connectivity index (χ2v) is 7.61. The van der Waals surface area contributed by atoms with Crippen molar-refractivity contribution in [3.63, 3.8) is 0 Å². The number of likely N-dealkylation sites (tertiary alicyclic amines) is 1. The normalized spacial score (nSPS) is 17.3. The van der Waals surface area contributed by atoms with Gasteiger partial charge in [0.1, 0.15) is 5.75 Å². The molecule has 2 aromatic rings. The molecule has 2 atom stereocenters. The van der Waals surface area contributed by atoms with Crippen LogP contribution in [-0.4, -0.2) is 64.6 Å². The number of aliphatic carboxylic acids is 1. The summed E-state index contributed by atoms with van der Waals surface area (Å²) in [6.45, 7) is 1.13. The quantitative estimate of drug-likeness (QED) is 0.626. The van der Waals surface area contributed by atoms with Gasteiger partial charge >= 0.3 is 5.97 Å². The first-order chi connectivity index (χ1) is 15.5. The van der Waals surface area contributed by atoms with Crippen LogP contribution < -0.4 is 23.7 Å². The molecule has 0 radical (unpaired) electrons. The minimum Gasteiger partial charge on any atom is -0.496 e. The number of carboxylic acid groups (broad SMARTS) is 1.